The van der Waals surface area contributed by atoms with Gasteiger partial charge in [-0.25, -0.2) is 73.1 Å². The molecule has 0 aromatic carbocycles. The molecule has 638 valence electrons. The van der Waals surface area contributed by atoms with Gasteiger partial charge in [0.25, 0.3) is 0 Å². The first-order valence-electron chi connectivity index (χ1n) is 39.9. The van der Waals surface area contributed by atoms with E-state index in [-0.39, 0.29) is 35.1 Å². The summed E-state index contributed by atoms with van der Waals surface area (Å²) in [5, 5.41) is 3.39. The molecule has 0 spiro atoms. The maximum absolute atomic E-state index is 12.2. The van der Waals surface area contributed by atoms with Crippen molar-refractivity contribution in [3.63, 3.8) is 0 Å². The molecule has 114 heavy (non-hydrogen) atoms. The molecule has 1 unspecified atom stereocenters. The van der Waals surface area contributed by atoms with Gasteiger partial charge in [0, 0.05) is 123 Å². The second-order valence-electron chi connectivity index (χ2n) is 32.9. The number of likely N-dealkylation sites (tertiary alicyclic amines) is 4. The predicted octanol–water partition coefficient (Wildman–Crippen LogP) is 11.7. The van der Waals surface area contributed by atoms with E-state index in [1.54, 1.807) is 69.2 Å². The summed E-state index contributed by atoms with van der Waals surface area (Å²) < 4.78 is 56.8. The van der Waals surface area contributed by atoms with Crippen LogP contribution < -0.4 is 39.0 Å². The van der Waals surface area contributed by atoms with Crippen molar-refractivity contribution >= 4 is 80.7 Å². The lowest BCUT2D eigenvalue weighted by atomic mass is 9.98. The highest BCUT2D eigenvalue weighted by molar-refractivity contribution is 9.10. The van der Waals surface area contributed by atoms with Crippen LogP contribution in [-0.4, -0.2) is 281 Å². The summed E-state index contributed by atoms with van der Waals surface area (Å²) in [6.07, 6.45) is 23.0. The van der Waals surface area contributed by atoms with Gasteiger partial charge in [-0.1, -0.05) is 20.2 Å². The molecule has 0 saturated carbocycles. The van der Waals surface area contributed by atoms with Crippen LogP contribution in [0.25, 0.3) is 0 Å². The number of hydrogen-bond donors (Lipinski definition) is 1. The van der Waals surface area contributed by atoms with Gasteiger partial charge in [-0.3, -0.25) is 0 Å². The zero-order valence-electron chi connectivity index (χ0n) is 69.5. The third-order valence-corrected chi connectivity index (χ3v) is 21.8. The molecule has 7 aliphatic heterocycles. The first kappa shape index (κ1) is 92.3. The Labute approximate surface area is 688 Å². The molecule has 0 aliphatic carbocycles. The summed E-state index contributed by atoms with van der Waals surface area (Å²) in [5.41, 5.74) is -1.83. The minimum Gasteiger partial charge on any atom is -0.476 e. The third kappa shape index (κ3) is 34.9. The Morgan fingerprint density at radius 2 is 0.772 bits per heavy atom. The summed E-state index contributed by atoms with van der Waals surface area (Å²) in [7, 11) is 2.82. The zero-order valence-corrected chi connectivity index (χ0v) is 72.7. The van der Waals surface area contributed by atoms with Gasteiger partial charge in [0.2, 0.25) is 23.5 Å². The molecular formula is C77H125BrN18O16S2. The lowest BCUT2D eigenvalue weighted by Crippen LogP contribution is -2.42. The Hall–Kier alpha value is -7.26. The van der Waals surface area contributed by atoms with Crippen molar-refractivity contribution < 1.29 is 76.2 Å². The molecular weight excluding hydrogens is 1580 g/mol. The van der Waals surface area contributed by atoms with E-state index in [1.165, 1.54) is 26.4 Å². The fourth-order valence-corrected chi connectivity index (χ4v) is 14.9. The molecule has 11 rings (SSSR count). The zero-order chi connectivity index (χ0) is 82.1. The Morgan fingerprint density at radius 3 is 1.12 bits per heavy atom. The minimum absolute atomic E-state index is 0.147. The summed E-state index contributed by atoms with van der Waals surface area (Å²) in [6.45, 7) is 39.8. The monoisotopic (exact) mass is 1700 g/mol. The predicted molar refractivity (Wildman–Crippen MR) is 438 cm³/mol. The molecule has 1 N–H and O–H groups in total. The maximum Gasteiger partial charge on any atom is 0.410 e. The average molecular weight is 1700 g/mol. The number of rotatable bonds is 20. The number of ether oxygens (including phenoxy) is 8. The van der Waals surface area contributed by atoms with Crippen LogP contribution in [0, 0.1) is 23.7 Å². The highest BCUT2D eigenvalue weighted by atomic mass is 79.9. The minimum atomic E-state index is -0.467. The summed E-state index contributed by atoms with van der Waals surface area (Å²) in [4.78, 5) is 111. The molecule has 7 fully saturated rings. The van der Waals surface area contributed by atoms with E-state index >= 15 is 0 Å². The molecule has 4 aromatic rings. The summed E-state index contributed by atoms with van der Waals surface area (Å²) >= 11 is 4.47. The van der Waals surface area contributed by atoms with Crippen molar-refractivity contribution in [1.82, 2.24) is 69.1 Å². The highest BCUT2D eigenvalue weighted by Crippen LogP contribution is 2.28. The van der Waals surface area contributed by atoms with Gasteiger partial charge in [0.15, 0.2) is 0 Å². The van der Waals surface area contributed by atoms with Crippen molar-refractivity contribution in [3.05, 3.63) is 54.2 Å². The fourth-order valence-electron chi connectivity index (χ4n) is 12.8. The van der Waals surface area contributed by atoms with Crippen molar-refractivity contribution in [2.24, 2.45) is 28.2 Å². The second-order valence-corrected chi connectivity index (χ2v) is 36.4. The van der Waals surface area contributed by atoms with Crippen LogP contribution >= 0.6 is 28.2 Å². The molecule has 1 atom stereocenters. The third-order valence-electron chi connectivity index (χ3n) is 19.0. The van der Waals surface area contributed by atoms with Crippen molar-refractivity contribution in [3.8, 4) is 23.5 Å². The van der Waals surface area contributed by atoms with Crippen LogP contribution in [0.5, 0.6) is 23.5 Å². The Morgan fingerprint density at radius 1 is 0.412 bits per heavy atom. The van der Waals surface area contributed by atoms with E-state index in [0.717, 1.165) is 165 Å². The van der Waals surface area contributed by atoms with Gasteiger partial charge in [-0.15, -0.1) is 4.33 Å². The number of halogens is 1. The van der Waals surface area contributed by atoms with E-state index in [2.05, 4.69) is 94.4 Å². The van der Waals surface area contributed by atoms with Gasteiger partial charge in [-0.2, -0.15) is 0 Å². The van der Waals surface area contributed by atoms with Crippen molar-refractivity contribution in [2.45, 2.75) is 176 Å². The highest BCUT2D eigenvalue weighted by Gasteiger charge is 2.33. The topological polar surface area (TPSA) is 332 Å². The standard InChI is InChI=1S/2C21H35N5O5S.C20H33N5O3.C15H22BrN3O3/c1-21(2,3)30-20(27)26-9-6-17(7-10-26)16-29-19-15-22-18(14-23-19)25-8-5-12-32(13-11-25)24-31-28-4;1-21(2,3)30-20(27)25-10-6-17(7-11-25)16-29-19-15-22-18(14-23-19)24-8-5-9-26(13-12-24)32-31-28-4;1-20(2,3)28-19(26)25-10-5-16(6-11-25)15-27-18-14-22-17(13-23-18)24-9-4-7-21-8-12-24;1-15(2,3)22-14(20)19-6-4-11(5-7-19)10-21-13-9-17-12(16)8-18-13/h2*14-15,17H,5-13,16H2,1-4H3;13-14,16,21H,4-12,15H2,1-3H3;8-9,11H,4-7,10H2,1-3H3. The molecule has 7 saturated heterocycles. The lowest BCUT2D eigenvalue weighted by molar-refractivity contribution is -0.271. The van der Waals surface area contributed by atoms with Gasteiger partial charge >= 0.3 is 24.4 Å². The van der Waals surface area contributed by atoms with Crippen LogP contribution in [0.1, 0.15) is 154 Å². The quantitative estimate of drug-likeness (QED) is 0.0282. The molecule has 0 radical (unpaired) electrons. The van der Waals surface area contributed by atoms with Crippen LogP contribution in [0.4, 0.5) is 36.6 Å². The van der Waals surface area contributed by atoms with Gasteiger partial charge in [0.1, 0.15) is 56.7 Å². The van der Waals surface area contributed by atoms with E-state index in [4.69, 9.17) is 47.2 Å². The average Bonchev–Trinajstić information content (AvgIpc) is 1.33. The number of nitrogens with zero attached hydrogens (tertiary/aromatic N) is 17. The maximum atomic E-state index is 12.2. The number of carbonyl (C=O) groups is 4. The van der Waals surface area contributed by atoms with Crippen LogP contribution in [0.15, 0.2) is 58.7 Å². The second kappa shape index (κ2) is 46.6. The SMILES string of the molecule is CC(C)(C)OC(=O)N1CCC(COc2cnc(Br)cn2)CC1.CC(C)(C)OC(=O)N1CCC(COc2cnc(N3CCCNCC3)cn2)CC1.COO/N=S1/CCCN(c2cnc(OCC3CCN(C(=O)OC(C)(C)C)CC3)cn2)CC1.COOSN1CCCN(c2cnc(OCC3CCN(C(=O)OC(C)(C)C)CC3)cn2)CC1. The summed E-state index contributed by atoms with van der Waals surface area (Å²) in [5.74, 6) is 8.25. The van der Waals surface area contributed by atoms with E-state index in [9.17, 15) is 19.2 Å². The van der Waals surface area contributed by atoms with Crippen LogP contribution in [0.2, 0.25) is 0 Å². The first-order valence-corrected chi connectivity index (χ1v) is 43.0. The number of amides is 4. The van der Waals surface area contributed by atoms with Gasteiger partial charge in [0.05, 0.1) is 90.2 Å². The fraction of sp³-hybridized carbons (Fsp3) is 0.740. The number of anilines is 3. The van der Waals surface area contributed by atoms with Crippen molar-refractivity contribution in [2.75, 3.05) is 185 Å². The Bertz CT molecular complexity index is 3490. The molecule has 4 aromatic heterocycles. The number of aromatic nitrogens is 8. The summed E-state index contributed by atoms with van der Waals surface area (Å²) in [6, 6.07) is 0. The normalized spacial score (nSPS) is 19.1. The largest absolute Gasteiger partial charge is 0.476 e. The lowest BCUT2D eigenvalue weighted by Gasteiger charge is -2.33. The number of carbonyl (C=O) groups excluding carboxylic acids is 4. The van der Waals surface area contributed by atoms with E-state index in [0.29, 0.717) is 131 Å². The number of piperidine rings is 4. The molecule has 0 bridgehead atoms. The van der Waals surface area contributed by atoms with E-state index < -0.39 is 22.4 Å². The molecule has 37 heteroatoms. The molecule has 7 aliphatic rings. The molecule has 4 amide bonds. The van der Waals surface area contributed by atoms with E-state index in [1.807, 2.05) is 83.1 Å². The van der Waals surface area contributed by atoms with Crippen LogP contribution in [-0.2, 0) is 48.7 Å². The Kier molecular flexibility index (Phi) is 37.7. The van der Waals surface area contributed by atoms with Gasteiger partial charge < -0.3 is 77.5 Å². The number of nitrogens with one attached hydrogen (secondary N) is 1. The molecule has 34 nitrogen and oxygen atoms in total. The van der Waals surface area contributed by atoms with Crippen LogP contribution in [0.3, 0.4) is 0 Å². The van der Waals surface area contributed by atoms with Crippen molar-refractivity contribution in [1.29, 1.82) is 0 Å². The molecule has 11 heterocycles. The first-order chi connectivity index (χ1) is 54.4. The number of hydrogen-bond acceptors (Lipinski definition) is 31. The van der Waals surface area contributed by atoms with Gasteiger partial charge in [-0.05, 0) is 200 Å². The smallest absolute Gasteiger partial charge is 0.410 e. The Balaban J connectivity index is 0.000000192.